The number of unbranched alkanes of at least 4 members (excludes halogenated alkanes) is 1. The summed E-state index contributed by atoms with van der Waals surface area (Å²) < 4.78 is 26.2. The standard InChI is InChI=1S/C25H34ClN3O4S/c1-5-7-16-27-25(31)22(6-2)28(17-20-13-9-8-12-19(20)3)24(30)18-29(34(4,32)33)23-15-11-10-14-21(23)26/h8-15,22H,5-7,16-18H2,1-4H3,(H,27,31)/t22-/m0/s1. The molecule has 9 heteroatoms. The Balaban J connectivity index is 2.43. The molecule has 2 aromatic rings. The average molecular weight is 508 g/mol. The fraction of sp³-hybridized carbons (Fsp3) is 0.440. The average Bonchev–Trinajstić information content (AvgIpc) is 2.78. The molecule has 0 spiro atoms. The number of nitrogens with one attached hydrogen (secondary N) is 1. The summed E-state index contributed by atoms with van der Waals surface area (Å²) in [6.45, 7) is 6.05. The highest BCUT2D eigenvalue weighted by Crippen LogP contribution is 2.27. The molecule has 0 radical (unpaired) electrons. The number of carbonyl (C=O) groups excluding carboxylic acids is 2. The molecule has 0 fully saturated rings. The van der Waals surface area contributed by atoms with Gasteiger partial charge in [0.1, 0.15) is 12.6 Å². The van der Waals surface area contributed by atoms with Crippen LogP contribution in [0, 0.1) is 6.92 Å². The molecule has 0 bridgehead atoms. The molecule has 0 aliphatic carbocycles. The Hall–Kier alpha value is -2.58. The number of amides is 2. The van der Waals surface area contributed by atoms with E-state index in [0.29, 0.717) is 13.0 Å². The van der Waals surface area contributed by atoms with Gasteiger partial charge in [-0.15, -0.1) is 0 Å². The second kappa shape index (κ2) is 12.8. The van der Waals surface area contributed by atoms with Crippen molar-refractivity contribution in [2.45, 2.75) is 52.6 Å². The van der Waals surface area contributed by atoms with Crippen LogP contribution in [0.2, 0.25) is 5.02 Å². The number of hydrogen-bond donors (Lipinski definition) is 1. The van der Waals surface area contributed by atoms with Crippen molar-refractivity contribution < 1.29 is 18.0 Å². The van der Waals surface area contributed by atoms with E-state index < -0.39 is 28.5 Å². The number of para-hydroxylation sites is 1. The number of benzene rings is 2. The van der Waals surface area contributed by atoms with Crippen molar-refractivity contribution in [3.05, 3.63) is 64.7 Å². The van der Waals surface area contributed by atoms with Gasteiger partial charge < -0.3 is 10.2 Å². The number of aryl methyl sites for hydroxylation is 1. The summed E-state index contributed by atoms with van der Waals surface area (Å²) in [5, 5.41) is 3.13. The van der Waals surface area contributed by atoms with Gasteiger partial charge in [-0.05, 0) is 43.0 Å². The van der Waals surface area contributed by atoms with Crippen molar-refractivity contribution in [1.29, 1.82) is 0 Å². The first-order chi connectivity index (χ1) is 16.1. The van der Waals surface area contributed by atoms with Crippen LogP contribution in [-0.4, -0.2) is 50.5 Å². The number of anilines is 1. The van der Waals surface area contributed by atoms with Crippen molar-refractivity contribution >= 4 is 39.1 Å². The van der Waals surface area contributed by atoms with E-state index >= 15 is 0 Å². The maximum atomic E-state index is 13.6. The molecule has 2 rings (SSSR count). The molecule has 2 amide bonds. The summed E-state index contributed by atoms with van der Waals surface area (Å²) in [5.74, 6) is -0.729. The zero-order valence-corrected chi connectivity index (χ0v) is 21.8. The van der Waals surface area contributed by atoms with Gasteiger partial charge in [0.25, 0.3) is 0 Å². The Bertz CT molecular complexity index is 1090. The number of halogens is 1. The van der Waals surface area contributed by atoms with Crippen LogP contribution in [-0.2, 0) is 26.2 Å². The van der Waals surface area contributed by atoms with E-state index in [1.54, 1.807) is 24.3 Å². The SMILES string of the molecule is CCCCNC(=O)[C@H](CC)N(Cc1ccccc1C)C(=O)CN(c1ccccc1Cl)S(C)(=O)=O. The van der Waals surface area contributed by atoms with E-state index in [1.165, 1.54) is 4.90 Å². The maximum absolute atomic E-state index is 13.6. The van der Waals surface area contributed by atoms with Gasteiger partial charge in [0.15, 0.2) is 0 Å². The Kier molecular flexibility index (Phi) is 10.4. The maximum Gasteiger partial charge on any atom is 0.244 e. The molecule has 7 nitrogen and oxygen atoms in total. The van der Waals surface area contributed by atoms with Crippen LogP contribution in [0.1, 0.15) is 44.2 Å². The van der Waals surface area contributed by atoms with Gasteiger partial charge in [0.05, 0.1) is 17.0 Å². The summed E-state index contributed by atoms with van der Waals surface area (Å²) in [5.41, 5.74) is 2.09. The highest BCUT2D eigenvalue weighted by atomic mass is 35.5. The number of sulfonamides is 1. The third kappa shape index (κ3) is 7.46. The quantitative estimate of drug-likeness (QED) is 0.437. The van der Waals surface area contributed by atoms with E-state index in [9.17, 15) is 18.0 Å². The molecular weight excluding hydrogens is 474 g/mol. The van der Waals surface area contributed by atoms with Crippen LogP contribution in [0.4, 0.5) is 5.69 Å². The van der Waals surface area contributed by atoms with Gasteiger partial charge in [-0.2, -0.15) is 0 Å². The minimum atomic E-state index is -3.82. The van der Waals surface area contributed by atoms with E-state index in [-0.39, 0.29) is 23.2 Å². The molecule has 0 heterocycles. The molecule has 1 N–H and O–H groups in total. The second-order valence-electron chi connectivity index (χ2n) is 8.24. The highest BCUT2D eigenvalue weighted by Gasteiger charge is 2.32. The molecule has 0 unspecified atom stereocenters. The van der Waals surface area contributed by atoms with Gasteiger partial charge in [-0.25, -0.2) is 8.42 Å². The van der Waals surface area contributed by atoms with E-state index in [1.807, 2.05) is 45.0 Å². The largest absolute Gasteiger partial charge is 0.354 e. The van der Waals surface area contributed by atoms with Gasteiger partial charge in [0.2, 0.25) is 21.8 Å². The number of rotatable bonds is 12. The normalized spacial score (nSPS) is 12.1. The summed E-state index contributed by atoms with van der Waals surface area (Å²) in [6.07, 6.45) is 3.19. The summed E-state index contributed by atoms with van der Waals surface area (Å²) in [6, 6.07) is 13.3. The summed E-state index contributed by atoms with van der Waals surface area (Å²) in [7, 11) is -3.82. The third-order valence-electron chi connectivity index (χ3n) is 5.62. The molecule has 34 heavy (non-hydrogen) atoms. The Morgan fingerprint density at radius 2 is 1.71 bits per heavy atom. The predicted octanol–water partition coefficient (Wildman–Crippen LogP) is 4.14. The second-order valence-corrected chi connectivity index (χ2v) is 10.6. The smallest absolute Gasteiger partial charge is 0.244 e. The number of nitrogens with zero attached hydrogens (tertiary/aromatic N) is 2. The van der Waals surface area contributed by atoms with Crippen LogP contribution in [0.5, 0.6) is 0 Å². The van der Waals surface area contributed by atoms with Gasteiger partial charge >= 0.3 is 0 Å². The Morgan fingerprint density at radius 1 is 1.06 bits per heavy atom. The lowest BCUT2D eigenvalue weighted by Gasteiger charge is -2.33. The number of hydrogen-bond acceptors (Lipinski definition) is 4. The number of carbonyl (C=O) groups is 2. The van der Waals surface area contributed by atoms with Crippen molar-refractivity contribution in [1.82, 2.24) is 10.2 Å². The molecular formula is C25H34ClN3O4S. The minimum Gasteiger partial charge on any atom is -0.354 e. The molecule has 1 atom stereocenters. The lowest BCUT2D eigenvalue weighted by Crippen LogP contribution is -2.52. The molecule has 0 saturated heterocycles. The van der Waals surface area contributed by atoms with E-state index in [4.69, 9.17) is 11.6 Å². The van der Waals surface area contributed by atoms with Crippen LogP contribution in [0.25, 0.3) is 0 Å². The van der Waals surface area contributed by atoms with Gasteiger partial charge in [-0.3, -0.25) is 13.9 Å². The van der Waals surface area contributed by atoms with E-state index in [2.05, 4.69) is 5.32 Å². The Morgan fingerprint density at radius 3 is 2.29 bits per heavy atom. The first kappa shape index (κ1) is 27.7. The first-order valence-electron chi connectivity index (χ1n) is 11.4. The summed E-state index contributed by atoms with van der Waals surface area (Å²) >= 11 is 6.25. The van der Waals surface area contributed by atoms with E-state index in [0.717, 1.165) is 34.5 Å². The molecule has 0 aliphatic heterocycles. The third-order valence-corrected chi connectivity index (χ3v) is 7.06. The van der Waals surface area contributed by atoms with Crippen LogP contribution in [0.3, 0.4) is 0 Å². The lowest BCUT2D eigenvalue weighted by molar-refractivity contribution is -0.140. The van der Waals surface area contributed by atoms with Gasteiger partial charge in [-0.1, -0.05) is 68.3 Å². The van der Waals surface area contributed by atoms with Crippen LogP contribution >= 0.6 is 11.6 Å². The Labute approximate surface area is 208 Å². The van der Waals surface area contributed by atoms with Gasteiger partial charge in [0, 0.05) is 13.1 Å². The van der Waals surface area contributed by atoms with Crippen molar-refractivity contribution in [3.8, 4) is 0 Å². The molecule has 0 aromatic heterocycles. The molecule has 186 valence electrons. The van der Waals surface area contributed by atoms with Crippen LogP contribution in [0.15, 0.2) is 48.5 Å². The van der Waals surface area contributed by atoms with Crippen molar-refractivity contribution in [3.63, 3.8) is 0 Å². The predicted molar refractivity (Wildman–Crippen MR) is 137 cm³/mol. The molecule has 0 aliphatic rings. The summed E-state index contributed by atoms with van der Waals surface area (Å²) in [4.78, 5) is 28.1. The van der Waals surface area contributed by atoms with Crippen LogP contribution < -0.4 is 9.62 Å². The fourth-order valence-electron chi connectivity index (χ4n) is 3.65. The first-order valence-corrected chi connectivity index (χ1v) is 13.7. The molecule has 2 aromatic carbocycles. The highest BCUT2D eigenvalue weighted by molar-refractivity contribution is 7.92. The minimum absolute atomic E-state index is 0.186. The van der Waals surface area contributed by atoms with Crippen molar-refractivity contribution in [2.75, 3.05) is 23.7 Å². The van der Waals surface area contributed by atoms with Crippen molar-refractivity contribution in [2.24, 2.45) is 0 Å². The monoisotopic (exact) mass is 507 g/mol. The zero-order chi connectivity index (χ0) is 25.3. The fourth-order valence-corrected chi connectivity index (χ4v) is 4.79. The zero-order valence-electron chi connectivity index (χ0n) is 20.3. The lowest BCUT2D eigenvalue weighted by atomic mass is 10.1. The molecule has 0 saturated carbocycles. The topological polar surface area (TPSA) is 86.8 Å².